The maximum absolute atomic E-state index is 12.2. The maximum atomic E-state index is 12.2. The van der Waals surface area contributed by atoms with Crippen LogP contribution in [0, 0.1) is 0 Å². The Labute approximate surface area is 172 Å². The number of allylic oxidation sites excluding steroid dienone is 1. The van der Waals surface area contributed by atoms with Crippen molar-refractivity contribution in [1.82, 2.24) is 5.32 Å². The Balaban J connectivity index is 1.70. The van der Waals surface area contributed by atoms with Crippen molar-refractivity contribution in [2.45, 2.75) is 13.0 Å². The van der Waals surface area contributed by atoms with Crippen molar-refractivity contribution in [3.8, 4) is 0 Å². The van der Waals surface area contributed by atoms with Crippen LogP contribution in [0.2, 0.25) is 5.02 Å². The number of anilines is 1. The van der Waals surface area contributed by atoms with Gasteiger partial charge in [-0.1, -0.05) is 53.7 Å². The second-order valence-electron chi connectivity index (χ2n) is 6.12. The molecule has 0 fully saturated rings. The zero-order valence-corrected chi connectivity index (χ0v) is 16.7. The van der Waals surface area contributed by atoms with Gasteiger partial charge in [-0.3, -0.25) is 9.59 Å². The van der Waals surface area contributed by atoms with Crippen molar-refractivity contribution in [2.75, 3.05) is 11.1 Å². The standard InChI is InChI=1S/C20H19ClN4O2S/c1-12-17(19(22)27)18(13-5-3-2-4-6-13)25-20(23-12)28-11-16(26)24-15-9-7-14(21)8-10-15/h2-10,18H,11H2,1H3,(H2,22,27)(H,23,25)(H,24,26)/t18-/m1/s1. The van der Waals surface area contributed by atoms with Crippen LogP contribution in [0.5, 0.6) is 0 Å². The molecule has 1 aliphatic rings. The molecule has 2 amide bonds. The average molecular weight is 415 g/mol. The number of hydrogen-bond donors (Lipinski definition) is 3. The number of nitrogens with two attached hydrogens (primary N) is 1. The van der Waals surface area contributed by atoms with E-state index in [1.165, 1.54) is 11.8 Å². The largest absolute Gasteiger partial charge is 0.366 e. The fraction of sp³-hybridized carbons (Fsp3) is 0.150. The van der Waals surface area contributed by atoms with Crippen LogP contribution in [0.3, 0.4) is 0 Å². The molecule has 28 heavy (non-hydrogen) atoms. The lowest BCUT2D eigenvalue weighted by atomic mass is 9.96. The maximum Gasteiger partial charge on any atom is 0.248 e. The van der Waals surface area contributed by atoms with E-state index in [9.17, 15) is 9.59 Å². The van der Waals surface area contributed by atoms with Gasteiger partial charge in [0.25, 0.3) is 0 Å². The Hall–Kier alpha value is -2.77. The summed E-state index contributed by atoms with van der Waals surface area (Å²) in [5, 5.41) is 7.03. The highest BCUT2D eigenvalue weighted by Gasteiger charge is 2.28. The van der Waals surface area contributed by atoms with Crippen LogP contribution in [-0.4, -0.2) is 22.7 Å². The fourth-order valence-electron chi connectivity index (χ4n) is 2.78. The monoisotopic (exact) mass is 414 g/mol. The number of amidine groups is 1. The van der Waals surface area contributed by atoms with Crippen molar-refractivity contribution in [2.24, 2.45) is 10.7 Å². The van der Waals surface area contributed by atoms with Crippen molar-refractivity contribution in [1.29, 1.82) is 0 Å². The molecule has 1 heterocycles. The summed E-state index contributed by atoms with van der Waals surface area (Å²) in [7, 11) is 0. The van der Waals surface area contributed by atoms with Crippen LogP contribution in [0.4, 0.5) is 5.69 Å². The number of benzene rings is 2. The molecule has 0 aromatic heterocycles. The zero-order valence-electron chi connectivity index (χ0n) is 15.1. The van der Waals surface area contributed by atoms with Crippen molar-refractivity contribution < 1.29 is 9.59 Å². The molecule has 3 rings (SSSR count). The van der Waals surface area contributed by atoms with E-state index in [1.54, 1.807) is 31.2 Å². The lowest BCUT2D eigenvalue weighted by molar-refractivity contribution is -0.115. The van der Waals surface area contributed by atoms with Crippen LogP contribution in [0.1, 0.15) is 18.5 Å². The normalized spacial score (nSPS) is 16.2. The third kappa shape index (κ3) is 4.94. The molecule has 0 saturated heterocycles. The number of nitrogens with one attached hydrogen (secondary N) is 2. The summed E-state index contributed by atoms with van der Waals surface area (Å²) in [6, 6.07) is 15.8. The summed E-state index contributed by atoms with van der Waals surface area (Å²) in [6.45, 7) is 1.78. The summed E-state index contributed by atoms with van der Waals surface area (Å²) in [5.41, 5.74) is 8.15. The highest BCUT2D eigenvalue weighted by molar-refractivity contribution is 8.14. The van der Waals surface area contributed by atoms with E-state index in [4.69, 9.17) is 17.3 Å². The molecule has 8 heteroatoms. The summed E-state index contributed by atoms with van der Waals surface area (Å²) >= 11 is 7.10. The quantitative estimate of drug-likeness (QED) is 0.697. The molecular formula is C20H19ClN4O2S. The topological polar surface area (TPSA) is 96.6 Å². The van der Waals surface area contributed by atoms with Gasteiger partial charge < -0.3 is 16.4 Å². The highest BCUT2D eigenvalue weighted by atomic mass is 35.5. The van der Waals surface area contributed by atoms with E-state index >= 15 is 0 Å². The predicted octanol–water partition coefficient (Wildman–Crippen LogP) is 3.47. The minimum atomic E-state index is -0.521. The zero-order chi connectivity index (χ0) is 20.1. The molecule has 0 aliphatic carbocycles. The minimum absolute atomic E-state index is 0.162. The van der Waals surface area contributed by atoms with Gasteiger partial charge in [-0.15, -0.1) is 0 Å². The van der Waals surface area contributed by atoms with E-state index in [0.717, 1.165) is 5.56 Å². The van der Waals surface area contributed by atoms with E-state index < -0.39 is 11.9 Å². The van der Waals surface area contributed by atoms with Gasteiger partial charge in [-0.25, -0.2) is 4.99 Å². The third-order valence-electron chi connectivity index (χ3n) is 4.07. The van der Waals surface area contributed by atoms with Gasteiger partial charge in [0.2, 0.25) is 11.8 Å². The van der Waals surface area contributed by atoms with Crippen LogP contribution >= 0.6 is 23.4 Å². The molecular weight excluding hydrogens is 396 g/mol. The number of primary amides is 1. The molecule has 6 nitrogen and oxygen atoms in total. The molecule has 0 spiro atoms. The molecule has 0 saturated carbocycles. The van der Waals surface area contributed by atoms with Gasteiger partial charge >= 0.3 is 0 Å². The molecule has 0 bridgehead atoms. The first-order chi connectivity index (χ1) is 13.4. The van der Waals surface area contributed by atoms with E-state index in [-0.39, 0.29) is 11.7 Å². The number of carbonyl (C=O) groups excluding carboxylic acids is 2. The molecule has 0 unspecified atom stereocenters. The first-order valence-corrected chi connectivity index (χ1v) is 9.89. The molecule has 144 valence electrons. The van der Waals surface area contributed by atoms with Gasteiger partial charge in [0, 0.05) is 16.4 Å². The first-order valence-electron chi connectivity index (χ1n) is 8.52. The van der Waals surface area contributed by atoms with Gasteiger partial charge in [0.1, 0.15) is 6.04 Å². The smallest absolute Gasteiger partial charge is 0.248 e. The van der Waals surface area contributed by atoms with Crippen molar-refractivity contribution in [3.63, 3.8) is 0 Å². The summed E-state index contributed by atoms with van der Waals surface area (Å²) in [4.78, 5) is 28.7. The van der Waals surface area contributed by atoms with Gasteiger partial charge in [0.15, 0.2) is 5.17 Å². The van der Waals surface area contributed by atoms with Gasteiger partial charge in [-0.05, 0) is 36.8 Å². The molecule has 0 radical (unpaired) electrons. The van der Waals surface area contributed by atoms with Crippen molar-refractivity contribution >= 4 is 46.0 Å². The minimum Gasteiger partial charge on any atom is -0.366 e. The Morgan fingerprint density at radius 1 is 1.18 bits per heavy atom. The van der Waals surface area contributed by atoms with Crippen LogP contribution in [0.25, 0.3) is 0 Å². The van der Waals surface area contributed by atoms with Gasteiger partial charge in [-0.2, -0.15) is 0 Å². The van der Waals surface area contributed by atoms with E-state index in [0.29, 0.717) is 27.1 Å². The number of rotatable bonds is 5. The number of aliphatic imine (C=N–C) groups is 1. The SMILES string of the molecule is CC1=C(C(N)=O)[C@@H](c2ccccc2)N=C(SCC(=O)Nc2ccc(Cl)cc2)N1. The lowest BCUT2D eigenvalue weighted by Gasteiger charge is -2.25. The Morgan fingerprint density at radius 2 is 1.86 bits per heavy atom. The number of nitrogens with zero attached hydrogens (tertiary/aromatic N) is 1. The molecule has 1 aliphatic heterocycles. The van der Waals surface area contributed by atoms with E-state index in [1.807, 2.05) is 30.3 Å². The number of halogens is 1. The number of amides is 2. The Bertz CT molecular complexity index is 942. The molecule has 1 atom stereocenters. The molecule has 2 aromatic rings. The summed E-state index contributed by atoms with van der Waals surface area (Å²) in [6.07, 6.45) is 0. The molecule has 2 aromatic carbocycles. The average Bonchev–Trinajstić information content (AvgIpc) is 2.68. The number of carbonyl (C=O) groups is 2. The number of hydrogen-bond acceptors (Lipinski definition) is 5. The van der Waals surface area contributed by atoms with Crippen molar-refractivity contribution in [3.05, 3.63) is 76.5 Å². The predicted molar refractivity (Wildman–Crippen MR) is 114 cm³/mol. The van der Waals surface area contributed by atoms with Gasteiger partial charge in [0.05, 0.1) is 11.3 Å². The Kier molecular flexibility index (Phi) is 6.38. The van der Waals surface area contributed by atoms with Crippen LogP contribution in [-0.2, 0) is 9.59 Å². The first kappa shape index (κ1) is 20.0. The molecule has 4 N–H and O–H groups in total. The number of thioether (sulfide) groups is 1. The van der Waals surface area contributed by atoms with Crippen LogP contribution in [0.15, 0.2) is 70.9 Å². The fourth-order valence-corrected chi connectivity index (χ4v) is 3.65. The second-order valence-corrected chi connectivity index (χ2v) is 7.52. The highest BCUT2D eigenvalue weighted by Crippen LogP contribution is 2.31. The Morgan fingerprint density at radius 3 is 2.50 bits per heavy atom. The summed E-state index contributed by atoms with van der Waals surface area (Å²) < 4.78 is 0. The van der Waals surface area contributed by atoms with Crippen LogP contribution < -0.4 is 16.4 Å². The lowest BCUT2D eigenvalue weighted by Crippen LogP contribution is -2.33. The summed E-state index contributed by atoms with van der Waals surface area (Å²) in [5.74, 6) is -0.530. The second kappa shape index (κ2) is 8.95. The third-order valence-corrected chi connectivity index (χ3v) is 5.21. The van der Waals surface area contributed by atoms with E-state index in [2.05, 4.69) is 15.6 Å².